The number of benzene rings is 2. The summed E-state index contributed by atoms with van der Waals surface area (Å²) >= 11 is 0. The van der Waals surface area contributed by atoms with E-state index in [2.05, 4.69) is 15.0 Å². The maximum absolute atomic E-state index is 12.4. The van der Waals surface area contributed by atoms with E-state index >= 15 is 0 Å². The standard InChI is InChI=1S/C17H13F3N4O3/c18-17(19,20)27-14-4-2-1-3-13(14)23-15(25)8-24-9-22-12-6-5-10(21)7-11(12)16(24)26/h1-7,9H,8,21H2,(H,23,25). The Hall–Kier alpha value is -3.56. The summed E-state index contributed by atoms with van der Waals surface area (Å²) in [7, 11) is 0. The molecule has 3 aromatic rings. The number of alkyl halides is 3. The van der Waals surface area contributed by atoms with E-state index in [0.29, 0.717) is 11.2 Å². The molecule has 0 unspecified atom stereocenters. The first-order chi connectivity index (χ1) is 12.7. The van der Waals surface area contributed by atoms with E-state index in [-0.39, 0.29) is 11.1 Å². The Bertz CT molecular complexity index is 1060. The van der Waals surface area contributed by atoms with Crippen LogP contribution in [0.1, 0.15) is 0 Å². The van der Waals surface area contributed by atoms with Gasteiger partial charge in [-0.25, -0.2) is 4.98 Å². The molecule has 3 rings (SSSR count). The molecule has 0 saturated carbocycles. The maximum Gasteiger partial charge on any atom is 0.573 e. The smallest absolute Gasteiger partial charge is 0.404 e. The second-order valence-corrected chi connectivity index (χ2v) is 5.55. The van der Waals surface area contributed by atoms with Gasteiger partial charge in [-0.3, -0.25) is 14.2 Å². The highest BCUT2D eigenvalue weighted by atomic mass is 19.4. The number of anilines is 2. The normalized spacial score (nSPS) is 11.4. The summed E-state index contributed by atoms with van der Waals surface area (Å²) in [4.78, 5) is 28.7. The van der Waals surface area contributed by atoms with Crippen molar-refractivity contribution < 1.29 is 22.7 Å². The monoisotopic (exact) mass is 378 g/mol. The molecular formula is C17H13F3N4O3. The number of halogens is 3. The number of nitrogens with one attached hydrogen (secondary N) is 1. The van der Waals surface area contributed by atoms with Crippen molar-refractivity contribution in [3.05, 3.63) is 59.1 Å². The predicted molar refractivity (Wildman–Crippen MR) is 92.2 cm³/mol. The Labute approximate surface area is 150 Å². The van der Waals surface area contributed by atoms with Crippen molar-refractivity contribution in [2.45, 2.75) is 12.9 Å². The second kappa shape index (κ2) is 6.98. The number of rotatable bonds is 4. The minimum absolute atomic E-state index is 0.175. The summed E-state index contributed by atoms with van der Waals surface area (Å²) in [5, 5.41) is 2.52. The minimum atomic E-state index is -4.90. The summed E-state index contributed by atoms with van der Waals surface area (Å²) in [5.74, 6) is -1.28. The first-order valence-electron chi connectivity index (χ1n) is 7.62. The number of hydrogen-bond donors (Lipinski definition) is 2. The van der Waals surface area contributed by atoms with E-state index in [1.807, 2.05) is 0 Å². The first-order valence-corrected chi connectivity index (χ1v) is 7.62. The molecule has 10 heteroatoms. The number of carbonyl (C=O) groups excluding carboxylic acids is 1. The van der Waals surface area contributed by atoms with Crippen molar-refractivity contribution in [3.8, 4) is 5.75 Å². The van der Waals surface area contributed by atoms with Crippen LogP contribution < -0.4 is 21.3 Å². The van der Waals surface area contributed by atoms with Crippen molar-refractivity contribution in [3.63, 3.8) is 0 Å². The molecule has 7 nitrogen and oxygen atoms in total. The zero-order valence-corrected chi connectivity index (χ0v) is 13.7. The van der Waals surface area contributed by atoms with Crippen LogP contribution in [0.4, 0.5) is 24.5 Å². The van der Waals surface area contributed by atoms with Crippen molar-refractivity contribution in [1.29, 1.82) is 0 Å². The van der Waals surface area contributed by atoms with E-state index in [1.54, 1.807) is 12.1 Å². The average Bonchev–Trinajstić information content (AvgIpc) is 2.58. The first kappa shape index (κ1) is 18.2. The number of nitrogen functional groups attached to an aromatic ring is 1. The Morgan fingerprint density at radius 1 is 1.22 bits per heavy atom. The van der Waals surface area contributed by atoms with Crippen molar-refractivity contribution in [2.75, 3.05) is 11.1 Å². The van der Waals surface area contributed by atoms with Gasteiger partial charge in [0, 0.05) is 5.69 Å². The van der Waals surface area contributed by atoms with Crippen molar-refractivity contribution >= 4 is 28.2 Å². The SMILES string of the molecule is Nc1ccc2ncn(CC(=O)Nc3ccccc3OC(F)(F)F)c(=O)c2c1. The molecule has 1 amide bonds. The van der Waals surface area contributed by atoms with Crippen LogP contribution in [0.3, 0.4) is 0 Å². The number of fused-ring (bicyclic) bond motifs is 1. The topological polar surface area (TPSA) is 99.2 Å². The number of aromatic nitrogens is 2. The summed E-state index contributed by atoms with van der Waals surface area (Å²) in [6, 6.07) is 9.68. The van der Waals surface area contributed by atoms with Crippen molar-refractivity contribution in [1.82, 2.24) is 9.55 Å². The fourth-order valence-corrected chi connectivity index (χ4v) is 2.42. The minimum Gasteiger partial charge on any atom is -0.404 e. The molecule has 0 bridgehead atoms. The fraction of sp³-hybridized carbons (Fsp3) is 0.118. The van der Waals surface area contributed by atoms with Gasteiger partial charge in [0.25, 0.3) is 5.56 Å². The predicted octanol–water partition coefficient (Wildman–Crippen LogP) is 2.52. The lowest BCUT2D eigenvalue weighted by molar-refractivity contribution is -0.274. The van der Waals surface area contributed by atoms with Gasteiger partial charge in [-0.2, -0.15) is 0 Å². The van der Waals surface area contributed by atoms with E-state index in [9.17, 15) is 22.8 Å². The lowest BCUT2D eigenvalue weighted by atomic mass is 10.2. The zero-order chi connectivity index (χ0) is 19.6. The average molecular weight is 378 g/mol. The molecular weight excluding hydrogens is 365 g/mol. The number of nitrogens with zero attached hydrogens (tertiary/aromatic N) is 2. The second-order valence-electron chi connectivity index (χ2n) is 5.55. The molecule has 0 spiro atoms. The third-order valence-electron chi connectivity index (χ3n) is 3.55. The van der Waals surface area contributed by atoms with Crippen LogP contribution in [0.15, 0.2) is 53.6 Å². The number of para-hydroxylation sites is 2. The molecule has 0 aliphatic rings. The van der Waals surface area contributed by atoms with Crippen LogP contribution in [-0.4, -0.2) is 21.8 Å². The van der Waals surface area contributed by atoms with Crippen LogP contribution in [-0.2, 0) is 11.3 Å². The van der Waals surface area contributed by atoms with Gasteiger partial charge >= 0.3 is 6.36 Å². The summed E-state index contributed by atoms with van der Waals surface area (Å²) < 4.78 is 42.2. The third-order valence-corrected chi connectivity index (χ3v) is 3.55. The summed E-state index contributed by atoms with van der Waals surface area (Å²) in [5.41, 5.74) is 5.75. The maximum atomic E-state index is 12.4. The molecule has 27 heavy (non-hydrogen) atoms. The summed E-state index contributed by atoms with van der Waals surface area (Å²) in [6.45, 7) is -0.447. The van der Waals surface area contributed by atoms with Gasteiger partial charge in [0.15, 0.2) is 5.75 Å². The largest absolute Gasteiger partial charge is 0.573 e. The number of amides is 1. The van der Waals surface area contributed by atoms with E-state index < -0.39 is 30.1 Å². The van der Waals surface area contributed by atoms with E-state index in [0.717, 1.165) is 10.6 Å². The van der Waals surface area contributed by atoms with Crippen LogP contribution in [0.5, 0.6) is 5.75 Å². The molecule has 2 aromatic carbocycles. The van der Waals surface area contributed by atoms with Gasteiger partial charge in [0.1, 0.15) is 6.54 Å². The van der Waals surface area contributed by atoms with Crippen LogP contribution in [0.2, 0.25) is 0 Å². The van der Waals surface area contributed by atoms with Crippen LogP contribution in [0, 0.1) is 0 Å². The van der Waals surface area contributed by atoms with Crippen LogP contribution >= 0.6 is 0 Å². The Balaban J connectivity index is 1.82. The summed E-state index contributed by atoms with van der Waals surface area (Å²) in [6.07, 6.45) is -3.72. The van der Waals surface area contributed by atoms with E-state index in [4.69, 9.17) is 5.73 Å². The van der Waals surface area contributed by atoms with Gasteiger partial charge < -0.3 is 15.8 Å². The number of hydrogen-bond acceptors (Lipinski definition) is 5. The quantitative estimate of drug-likeness (QED) is 0.680. The van der Waals surface area contributed by atoms with E-state index in [1.165, 1.54) is 30.6 Å². The molecule has 3 N–H and O–H groups in total. The molecule has 140 valence electrons. The molecule has 0 radical (unpaired) electrons. The Morgan fingerprint density at radius 3 is 2.70 bits per heavy atom. The van der Waals surface area contributed by atoms with Crippen LogP contribution in [0.25, 0.3) is 10.9 Å². The number of nitrogens with two attached hydrogens (primary N) is 1. The molecule has 1 heterocycles. The van der Waals surface area contributed by atoms with Crippen molar-refractivity contribution in [2.24, 2.45) is 0 Å². The molecule has 0 aliphatic carbocycles. The Morgan fingerprint density at radius 2 is 1.96 bits per heavy atom. The highest BCUT2D eigenvalue weighted by Gasteiger charge is 2.32. The van der Waals surface area contributed by atoms with Gasteiger partial charge in [0.2, 0.25) is 5.91 Å². The zero-order valence-electron chi connectivity index (χ0n) is 13.7. The Kier molecular flexibility index (Phi) is 4.72. The highest BCUT2D eigenvalue weighted by molar-refractivity contribution is 5.92. The highest BCUT2D eigenvalue weighted by Crippen LogP contribution is 2.29. The van der Waals surface area contributed by atoms with Gasteiger partial charge in [-0.05, 0) is 30.3 Å². The van der Waals surface area contributed by atoms with Gasteiger partial charge in [0.05, 0.1) is 22.9 Å². The molecule has 0 atom stereocenters. The lowest BCUT2D eigenvalue weighted by Crippen LogP contribution is -2.28. The fourth-order valence-electron chi connectivity index (χ4n) is 2.42. The lowest BCUT2D eigenvalue weighted by Gasteiger charge is -2.14. The third kappa shape index (κ3) is 4.35. The van der Waals surface area contributed by atoms with Gasteiger partial charge in [-0.1, -0.05) is 12.1 Å². The number of ether oxygens (including phenoxy) is 1. The molecule has 0 saturated heterocycles. The van der Waals surface area contributed by atoms with Gasteiger partial charge in [-0.15, -0.1) is 13.2 Å². The number of carbonyl (C=O) groups is 1. The molecule has 0 fully saturated rings. The molecule has 0 aliphatic heterocycles. The molecule has 1 aromatic heterocycles.